The molecule has 1 aromatic carbocycles. The lowest BCUT2D eigenvalue weighted by molar-refractivity contribution is 0.286. The van der Waals surface area contributed by atoms with E-state index in [1.807, 2.05) is 17.5 Å². The molecule has 0 spiro atoms. The van der Waals surface area contributed by atoms with Crippen LogP contribution in [0.15, 0.2) is 45.0 Å². The van der Waals surface area contributed by atoms with Crippen LogP contribution in [0, 0.1) is 6.92 Å². The average molecular weight is 424 g/mol. The van der Waals surface area contributed by atoms with E-state index in [-0.39, 0.29) is 10.8 Å². The molecule has 142 valence electrons. The molecule has 0 amide bonds. The van der Waals surface area contributed by atoms with Gasteiger partial charge in [-0.05, 0) is 48.9 Å². The van der Waals surface area contributed by atoms with Crippen molar-refractivity contribution < 1.29 is 12.8 Å². The van der Waals surface area contributed by atoms with Gasteiger partial charge in [-0.25, -0.2) is 8.42 Å². The van der Waals surface area contributed by atoms with Gasteiger partial charge in [-0.2, -0.15) is 4.31 Å². The van der Waals surface area contributed by atoms with Crippen LogP contribution in [0.2, 0.25) is 5.02 Å². The first-order valence-corrected chi connectivity index (χ1v) is 11.3. The van der Waals surface area contributed by atoms with Gasteiger partial charge in [0.15, 0.2) is 0 Å². The van der Waals surface area contributed by atoms with E-state index in [2.05, 4.69) is 10.2 Å². The highest BCUT2D eigenvalue weighted by Gasteiger charge is 2.34. The Labute approximate surface area is 166 Å². The minimum absolute atomic E-state index is 0.116. The first-order valence-electron chi connectivity index (χ1n) is 8.59. The van der Waals surface area contributed by atoms with Crippen molar-refractivity contribution in [1.82, 2.24) is 14.5 Å². The van der Waals surface area contributed by atoms with Crippen LogP contribution in [0.5, 0.6) is 0 Å². The highest BCUT2D eigenvalue weighted by molar-refractivity contribution is 7.89. The monoisotopic (exact) mass is 423 g/mol. The van der Waals surface area contributed by atoms with E-state index in [0.717, 1.165) is 17.7 Å². The van der Waals surface area contributed by atoms with Gasteiger partial charge in [-0.15, -0.1) is 21.5 Å². The van der Waals surface area contributed by atoms with Gasteiger partial charge in [0, 0.05) is 18.1 Å². The van der Waals surface area contributed by atoms with Crippen molar-refractivity contribution in [2.24, 2.45) is 0 Å². The lowest BCUT2D eigenvalue weighted by atomic mass is 10.00. The Morgan fingerprint density at radius 3 is 2.89 bits per heavy atom. The van der Waals surface area contributed by atoms with Crippen LogP contribution in [0.3, 0.4) is 0 Å². The summed E-state index contributed by atoms with van der Waals surface area (Å²) in [5.74, 6) is 0.848. The molecular formula is C18H18ClN3O3S2. The van der Waals surface area contributed by atoms with E-state index in [4.69, 9.17) is 16.0 Å². The molecule has 3 heterocycles. The number of piperidine rings is 1. The maximum atomic E-state index is 13.1. The molecule has 6 nitrogen and oxygen atoms in total. The Bertz CT molecular complexity index is 1050. The molecule has 4 rings (SSSR count). The van der Waals surface area contributed by atoms with Gasteiger partial charge in [0.2, 0.25) is 15.9 Å². The second-order valence-electron chi connectivity index (χ2n) is 6.49. The van der Waals surface area contributed by atoms with Crippen LogP contribution < -0.4 is 0 Å². The number of halogens is 1. The normalized spacial score (nSPS) is 18.7. The van der Waals surface area contributed by atoms with Crippen molar-refractivity contribution in [3.8, 4) is 10.8 Å². The fourth-order valence-corrected chi connectivity index (χ4v) is 5.91. The molecule has 1 aliphatic heterocycles. The number of hydrogen-bond donors (Lipinski definition) is 0. The molecule has 0 aliphatic carbocycles. The minimum atomic E-state index is -3.63. The van der Waals surface area contributed by atoms with Crippen LogP contribution >= 0.6 is 22.9 Å². The summed E-state index contributed by atoms with van der Waals surface area (Å²) in [7, 11) is -3.63. The van der Waals surface area contributed by atoms with Crippen molar-refractivity contribution in [3.63, 3.8) is 0 Å². The Hall–Kier alpha value is -1.74. The van der Waals surface area contributed by atoms with Crippen molar-refractivity contribution >= 4 is 33.0 Å². The highest BCUT2D eigenvalue weighted by atomic mass is 35.5. The van der Waals surface area contributed by atoms with E-state index in [1.165, 1.54) is 15.6 Å². The average Bonchev–Trinajstić information content (AvgIpc) is 3.35. The molecule has 2 aromatic heterocycles. The van der Waals surface area contributed by atoms with Crippen LogP contribution in [0.4, 0.5) is 0 Å². The molecule has 0 N–H and O–H groups in total. The Morgan fingerprint density at radius 1 is 1.26 bits per heavy atom. The first kappa shape index (κ1) is 18.6. The summed E-state index contributed by atoms with van der Waals surface area (Å²) < 4.78 is 33.6. The maximum absolute atomic E-state index is 13.1. The van der Waals surface area contributed by atoms with Gasteiger partial charge in [0.25, 0.3) is 5.89 Å². The lowest BCUT2D eigenvalue weighted by Gasteiger charge is -2.30. The third-order valence-electron chi connectivity index (χ3n) is 4.74. The summed E-state index contributed by atoms with van der Waals surface area (Å²) in [6.45, 7) is 2.51. The standard InChI is InChI=1S/C18H18ClN3O3S2/c1-12-14(19)6-2-8-16(12)27(23,24)22-9-3-5-13(11-22)17-20-21-18(25-17)15-7-4-10-26-15/h2,4,6-8,10,13H,3,5,9,11H2,1H3. The number of aromatic nitrogens is 2. The smallest absolute Gasteiger partial charge is 0.257 e. The zero-order valence-corrected chi connectivity index (χ0v) is 17.0. The van der Waals surface area contributed by atoms with Gasteiger partial charge in [-0.1, -0.05) is 23.7 Å². The van der Waals surface area contributed by atoms with Gasteiger partial charge in [0.05, 0.1) is 15.7 Å². The van der Waals surface area contributed by atoms with E-state index >= 15 is 0 Å². The van der Waals surface area contributed by atoms with Gasteiger partial charge in [-0.3, -0.25) is 0 Å². The highest BCUT2D eigenvalue weighted by Crippen LogP contribution is 2.33. The third-order valence-corrected chi connectivity index (χ3v) is 8.02. The molecule has 0 bridgehead atoms. The molecule has 27 heavy (non-hydrogen) atoms. The summed E-state index contributed by atoms with van der Waals surface area (Å²) in [5.41, 5.74) is 0.569. The first-order chi connectivity index (χ1) is 13.0. The number of nitrogens with zero attached hydrogens (tertiary/aromatic N) is 3. The van der Waals surface area contributed by atoms with Crippen molar-refractivity contribution in [2.45, 2.75) is 30.6 Å². The zero-order valence-electron chi connectivity index (χ0n) is 14.6. The Balaban J connectivity index is 1.59. The predicted molar refractivity (Wildman–Crippen MR) is 105 cm³/mol. The summed E-state index contributed by atoms with van der Waals surface area (Å²) in [6, 6.07) is 8.80. The van der Waals surface area contributed by atoms with Crippen LogP contribution in [-0.4, -0.2) is 36.0 Å². The Kier molecular flexibility index (Phi) is 5.07. The predicted octanol–water partition coefficient (Wildman–Crippen LogP) is 4.33. The molecule has 1 unspecified atom stereocenters. The van der Waals surface area contributed by atoms with Gasteiger partial charge in [0.1, 0.15) is 0 Å². The van der Waals surface area contributed by atoms with E-state index in [9.17, 15) is 8.42 Å². The van der Waals surface area contributed by atoms with E-state index in [1.54, 1.807) is 25.1 Å². The lowest BCUT2D eigenvalue weighted by Crippen LogP contribution is -2.39. The van der Waals surface area contributed by atoms with Crippen LogP contribution in [0.1, 0.15) is 30.2 Å². The summed E-state index contributed by atoms with van der Waals surface area (Å²) in [6.07, 6.45) is 1.55. The molecule has 1 saturated heterocycles. The number of sulfonamides is 1. The quantitative estimate of drug-likeness (QED) is 0.624. The SMILES string of the molecule is Cc1c(Cl)cccc1S(=O)(=O)N1CCCC(c2nnc(-c3cccs3)o2)C1. The molecule has 1 atom stereocenters. The summed E-state index contributed by atoms with van der Waals surface area (Å²) in [5, 5.41) is 10.7. The van der Waals surface area contributed by atoms with Gasteiger partial charge >= 0.3 is 0 Å². The van der Waals surface area contributed by atoms with Crippen molar-refractivity contribution in [3.05, 3.63) is 52.2 Å². The summed E-state index contributed by atoms with van der Waals surface area (Å²) in [4.78, 5) is 1.16. The topological polar surface area (TPSA) is 76.3 Å². The Morgan fingerprint density at radius 2 is 2.11 bits per heavy atom. The van der Waals surface area contributed by atoms with E-state index < -0.39 is 10.0 Å². The zero-order chi connectivity index (χ0) is 19.0. The van der Waals surface area contributed by atoms with Gasteiger partial charge < -0.3 is 4.42 Å². The van der Waals surface area contributed by atoms with Crippen molar-refractivity contribution in [2.75, 3.05) is 13.1 Å². The van der Waals surface area contributed by atoms with Crippen LogP contribution in [-0.2, 0) is 10.0 Å². The van der Waals surface area contributed by atoms with E-state index in [0.29, 0.717) is 35.5 Å². The second kappa shape index (κ2) is 7.35. The largest absolute Gasteiger partial charge is 0.420 e. The fourth-order valence-electron chi connectivity index (χ4n) is 3.27. The molecule has 1 aliphatic rings. The number of hydrogen-bond acceptors (Lipinski definition) is 6. The number of benzene rings is 1. The molecule has 9 heteroatoms. The molecule has 0 saturated carbocycles. The molecule has 0 radical (unpaired) electrons. The second-order valence-corrected chi connectivity index (χ2v) is 9.75. The summed E-state index contributed by atoms with van der Waals surface area (Å²) >= 11 is 7.65. The molecule has 1 fully saturated rings. The number of thiophene rings is 1. The maximum Gasteiger partial charge on any atom is 0.257 e. The number of rotatable bonds is 4. The van der Waals surface area contributed by atoms with Crippen LogP contribution in [0.25, 0.3) is 10.8 Å². The molecular weight excluding hydrogens is 406 g/mol. The molecule has 3 aromatic rings. The fraction of sp³-hybridized carbons (Fsp3) is 0.333. The third kappa shape index (κ3) is 3.54. The van der Waals surface area contributed by atoms with Crippen molar-refractivity contribution in [1.29, 1.82) is 0 Å². The minimum Gasteiger partial charge on any atom is -0.420 e.